The highest BCUT2D eigenvalue weighted by Crippen LogP contribution is 2.39. The van der Waals surface area contributed by atoms with Crippen LogP contribution in [0.25, 0.3) is 11.0 Å². The van der Waals surface area contributed by atoms with Gasteiger partial charge >= 0.3 is 5.69 Å². The molecule has 0 spiro atoms. The maximum absolute atomic E-state index is 12.4. The number of H-pyrrole nitrogens is 1. The van der Waals surface area contributed by atoms with Crippen molar-refractivity contribution in [2.45, 2.75) is 37.6 Å². The van der Waals surface area contributed by atoms with Gasteiger partial charge in [0.05, 0.1) is 11.0 Å². The molecule has 2 aliphatic rings. The Morgan fingerprint density at radius 3 is 2.62 bits per heavy atom. The quantitative estimate of drug-likeness (QED) is 0.717. The van der Waals surface area contributed by atoms with E-state index in [0.717, 1.165) is 61.4 Å². The highest BCUT2D eigenvalue weighted by molar-refractivity contribution is 6.29. The Morgan fingerprint density at radius 1 is 1.08 bits per heavy atom. The molecule has 134 valence electrons. The number of aromatic nitrogens is 4. The average Bonchev–Trinajstić information content (AvgIpc) is 3.44. The molecular weight excluding hydrogens is 350 g/mol. The molecule has 26 heavy (non-hydrogen) atoms. The van der Waals surface area contributed by atoms with Crippen molar-refractivity contribution in [3.05, 3.63) is 51.8 Å². The standard InChI is InChI=1S/C19H20ClN5O/c20-16-11-17(23-18(22-16)12-5-6-12)24-9-7-13(8-10-24)25-15-4-2-1-3-14(15)21-19(25)26/h1-4,11-13H,5-10H2,(H,21,26). The van der Waals surface area contributed by atoms with Crippen LogP contribution in [0.3, 0.4) is 0 Å². The number of halogens is 1. The van der Waals surface area contributed by atoms with Gasteiger partial charge in [0.1, 0.15) is 16.8 Å². The van der Waals surface area contributed by atoms with Crippen molar-refractivity contribution >= 4 is 28.5 Å². The van der Waals surface area contributed by atoms with Gasteiger partial charge in [-0.25, -0.2) is 14.8 Å². The molecule has 1 aliphatic carbocycles. The predicted molar refractivity (Wildman–Crippen MR) is 102 cm³/mol. The molecule has 1 aliphatic heterocycles. The van der Waals surface area contributed by atoms with Crippen LogP contribution < -0.4 is 10.6 Å². The van der Waals surface area contributed by atoms with E-state index in [0.29, 0.717) is 11.1 Å². The zero-order chi connectivity index (χ0) is 17.7. The van der Waals surface area contributed by atoms with Crippen LogP contribution in [0.1, 0.15) is 43.5 Å². The summed E-state index contributed by atoms with van der Waals surface area (Å²) < 4.78 is 1.91. The predicted octanol–water partition coefficient (Wildman–Crippen LogP) is 3.49. The third-order valence-electron chi connectivity index (χ3n) is 5.42. The summed E-state index contributed by atoms with van der Waals surface area (Å²) >= 11 is 6.21. The lowest BCUT2D eigenvalue weighted by atomic mass is 10.0. The Hall–Kier alpha value is -2.34. The molecule has 3 aromatic rings. The molecule has 2 fully saturated rings. The van der Waals surface area contributed by atoms with Crippen LogP contribution >= 0.6 is 11.6 Å². The fourth-order valence-corrected chi connectivity index (χ4v) is 4.08. The lowest BCUT2D eigenvalue weighted by Gasteiger charge is -2.33. The largest absolute Gasteiger partial charge is 0.356 e. The first-order valence-electron chi connectivity index (χ1n) is 9.18. The molecule has 0 atom stereocenters. The van der Waals surface area contributed by atoms with Gasteiger partial charge in [0, 0.05) is 31.1 Å². The van der Waals surface area contributed by atoms with E-state index in [-0.39, 0.29) is 11.7 Å². The lowest BCUT2D eigenvalue weighted by molar-refractivity contribution is 0.395. The summed E-state index contributed by atoms with van der Waals surface area (Å²) in [4.78, 5) is 26.7. The minimum Gasteiger partial charge on any atom is -0.356 e. The van der Waals surface area contributed by atoms with Crippen molar-refractivity contribution in [1.29, 1.82) is 0 Å². The second-order valence-electron chi connectivity index (χ2n) is 7.22. The van der Waals surface area contributed by atoms with Gasteiger partial charge in [0.2, 0.25) is 0 Å². The minimum absolute atomic E-state index is 0.0225. The first-order valence-corrected chi connectivity index (χ1v) is 9.55. The third kappa shape index (κ3) is 2.78. The third-order valence-corrected chi connectivity index (χ3v) is 5.61. The summed E-state index contributed by atoms with van der Waals surface area (Å²) in [5.74, 6) is 2.27. The summed E-state index contributed by atoms with van der Waals surface area (Å²) in [6, 6.07) is 9.93. The van der Waals surface area contributed by atoms with Gasteiger partial charge in [-0.05, 0) is 37.8 Å². The highest BCUT2D eigenvalue weighted by atomic mass is 35.5. The van der Waals surface area contributed by atoms with Gasteiger partial charge in [0.15, 0.2) is 0 Å². The first-order chi connectivity index (χ1) is 12.7. The molecule has 6 nitrogen and oxygen atoms in total. The Morgan fingerprint density at radius 2 is 1.85 bits per heavy atom. The second kappa shape index (κ2) is 6.13. The van der Waals surface area contributed by atoms with Crippen molar-refractivity contribution in [2.24, 2.45) is 0 Å². The maximum atomic E-state index is 12.4. The molecule has 7 heteroatoms. The van der Waals surface area contributed by atoms with Crippen molar-refractivity contribution in [2.75, 3.05) is 18.0 Å². The lowest BCUT2D eigenvalue weighted by Crippen LogP contribution is -2.37. The molecule has 1 aromatic carbocycles. The molecule has 0 bridgehead atoms. The zero-order valence-electron chi connectivity index (χ0n) is 14.4. The average molecular weight is 370 g/mol. The fourth-order valence-electron chi connectivity index (χ4n) is 3.90. The van der Waals surface area contributed by atoms with Crippen LogP contribution in [-0.2, 0) is 0 Å². The molecule has 0 radical (unpaired) electrons. The molecule has 1 saturated carbocycles. The second-order valence-corrected chi connectivity index (χ2v) is 7.60. The fraction of sp³-hybridized carbons (Fsp3) is 0.421. The Kier molecular flexibility index (Phi) is 3.74. The number of hydrogen-bond acceptors (Lipinski definition) is 4. The maximum Gasteiger partial charge on any atom is 0.326 e. The van der Waals surface area contributed by atoms with Gasteiger partial charge in [-0.3, -0.25) is 4.57 Å². The van der Waals surface area contributed by atoms with E-state index < -0.39 is 0 Å². The number of para-hydroxylation sites is 2. The first kappa shape index (κ1) is 15.9. The van der Waals surface area contributed by atoms with E-state index >= 15 is 0 Å². The van der Waals surface area contributed by atoms with Crippen molar-refractivity contribution < 1.29 is 0 Å². The zero-order valence-corrected chi connectivity index (χ0v) is 15.1. The van der Waals surface area contributed by atoms with Gasteiger partial charge in [-0.1, -0.05) is 23.7 Å². The van der Waals surface area contributed by atoms with E-state index in [9.17, 15) is 4.79 Å². The van der Waals surface area contributed by atoms with Crippen LogP contribution in [0.4, 0.5) is 5.82 Å². The molecule has 3 heterocycles. The number of anilines is 1. The number of piperidine rings is 1. The number of aromatic amines is 1. The van der Waals surface area contributed by atoms with Crippen molar-refractivity contribution in [3.63, 3.8) is 0 Å². The van der Waals surface area contributed by atoms with Crippen LogP contribution in [0.5, 0.6) is 0 Å². The van der Waals surface area contributed by atoms with E-state index in [4.69, 9.17) is 16.6 Å². The van der Waals surface area contributed by atoms with Crippen LogP contribution in [0.15, 0.2) is 35.1 Å². The molecule has 5 rings (SSSR count). The Bertz CT molecular complexity index is 1010. The number of fused-ring (bicyclic) bond motifs is 1. The van der Waals surface area contributed by atoms with E-state index in [2.05, 4.69) is 14.9 Å². The molecule has 1 N–H and O–H groups in total. The smallest absolute Gasteiger partial charge is 0.326 e. The minimum atomic E-state index is -0.0225. The molecule has 1 saturated heterocycles. The molecule has 0 amide bonds. The highest BCUT2D eigenvalue weighted by Gasteiger charge is 2.29. The number of nitrogens with one attached hydrogen (secondary N) is 1. The van der Waals surface area contributed by atoms with Crippen LogP contribution in [0, 0.1) is 0 Å². The van der Waals surface area contributed by atoms with Gasteiger partial charge in [0.25, 0.3) is 0 Å². The van der Waals surface area contributed by atoms with E-state index in [1.54, 1.807) is 0 Å². The summed E-state index contributed by atoms with van der Waals surface area (Å²) in [6.45, 7) is 1.71. The van der Waals surface area contributed by atoms with Gasteiger partial charge in [-0.15, -0.1) is 0 Å². The monoisotopic (exact) mass is 369 g/mol. The van der Waals surface area contributed by atoms with Crippen molar-refractivity contribution in [1.82, 2.24) is 19.5 Å². The Balaban J connectivity index is 1.38. The van der Waals surface area contributed by atoms with Crippen LogP contribution in [-0.4, -0.2) is 32.6 Å². The number of imidazole rings is 1. The van der Waals surface area contributed by atoms with E-state index in [1.165, 1.54) is 0 Å². The number of hydrogen-bond donors (Lipinski definition) is 1. The number of rotatable bonds is 3. The van der Waals surface area contributed by atoms with Crippen LogP contribution in [0.2, 0.25) is 5.15 Å². The number of benzene rings is 1. The topological polar surface area (TPSA) is 66.8 Å². The molecular formula is C19H20ClN5O. The molecule has 0 unspecified atom stereocenters. The summed E-state index contributed by atoms with van der Waals surface area (Å²) in [5.41, 5.74) is 1.86. The van der Waals surface area contributed by atoms with Crippen molar-refractivity contribution in [3.8, 4) is 0 Å². The summed E-state index contributed by atoms with van der Waals surface area (Å²) in [6.07, 6.45) is 4.13. The Labute approximate surface area is 155 Å². The SMILES string of the molecule is O=c1[nH]c2ccccc2n1C1CCN(c2cc(Cl)nc(C3CC3)n2)CC1. The normalized spacial score (nSPS) is 18.6. The summed E-state index contributed by atoms with van der Waals surface area (Å²) in [5, 5.41) is 0.520. The number of nitrogens with zero attached hydrogens (tertiary/aromatic N) is 4. The van der Waals surface area contributed by atoms with Gasteiger partial charge < -0.3 is 9.88 Å². The van der Waals surface area contributed by atoms with Gasteiger partial charge in [-0.2, -0.15) is 0 Å². The molecule has 2 aromatic heterocycles. The summed E-state index contributed by atoms with van der Waals surface area (Å²) in [7, 11) is 0. The van der Waals surface area contributed by atoms with E-state index in [1.807, 2.05) is 34.9 Å².